The van der Waals surface area contributed by atoms with Crippen molar-refractivity contribution in [2.45, 2.75) is 0 Å². The fourth-order valence-electron chi connectivity index (χ4n) is 1.66. The zero-order valence-electron chi connectivity index (χ0n) is 11.5. The summed E-state index contributed by atoms with van der Waals surface area (Å²) in [5.41, 5.74) is 8.85. The lowest BCUT2D eigenvalue weighted by atomic mass is 10.1. The van der Waals surface area contributed by atoms with E-state index in [-0.39, 0.29) is 11.1 Å². The summed E-state index contributed by atoms with van der Waals surface area (Å²) in [5.74, 6) is -0.209. The minimum Gasteiger partial charge on any atom is -0.383 e. The van der Waals surface area contributed by atoms with Gasteiger partial charge in [0.05, 0.1) is 11.9 Å². The number of nitrogens with two attached hydrogens (primary N) is 1. The highest BCUT2D eigenvalue weighted by molar-refractivity contribution is 7.14. The maximum Gasteiger partial charge on any atom is 0.205 e. The van der Waals surface area contributed by atoms with E-state index in [1.807, 2.05) is 6.07 Å². The van der Waals surface area contributed by atoms with Gasteiger partial charge in [-0.3, -0.25) is 5.43 Å². The largest absolute Gasteiger partial charge is 0.383 e. The molecule has 0 radical (unpaired) electrons. The Morgan fingerprint density at radius 2 is 2.29 bits per heavy atom. The number of rotatable bonds is 4. The molecule has 108 valence electrons. The molecule has 0 aliphatic rings. The van der Waals surface area contributed by atoms with Crippen LogP contribution in [0.25, 0.3) is 0 Å². The van der Waals surface area contributed by atoms with E-state index in [0.717, 1.165) is 0 Å². The molecule has 8 heteroatoms. The van der Waals surface area contributed by atoms with Crippen LogP contribution in [-0.2, 0) is 0 Å². The molecule has 0 bridgehead atoms. The number of benzene rings is 1. The molecule has 1 heterocycles. The van der Waals surface area contributed by atoms with Crippen molar-refractivity contribution in [1.82, 2.24) is 4.98 Å². The fourth-order valence-corrected chi connectivity index (χ4v) is 2.20. The Kier molecular flexibility index (Phi) is 4.35. The van der Waals surface area contributed by atoms with E-state index in [2.05, 4.69) is 15.5 Å². The Morgan fingerprint density at radius 1 is 1.52 bits per heavy atom. The highest BCUT2D eigenvalue weighted by atomic mass is 32.1. The van der Waals surface area contributed by atoms with Crippen LogP contribution in [0.4, 0.5) is 21.0 Å². The van der Waals surface area contributed by atoms with Crippen molar-refractivity contribution in [3.63, 3.8) is 0 Å². The van der Waals surface area contributed by atoms with Crippen LogP contribution < -0.4 is 16.1 Å². The summed E-state index contributed by atoms with van der Waals surface area (Å²) in [6, 6.07) is 5.10. The van der Waals surface area contributed by atoms with Crippen molar-refractivity contribution in [2.24, 2.45) is 5.10 Å². The number of hydrazone groups is 1. The van der Waals surface area contributed by atoms with E-state index in [9.17, 15) is 4.39 Å². The monoisotopic (exact) mass is 304 g/mol. The Morgan fingerprint density at radius 3 is 2.86 bits per heavy atom. The minimum absolute atomic E-state index is 0.0116. The smallest absolute Gasteiger partial charge is 0.205 e. The normalized spacial score (nSPS) is 10.6. The van der Waals surface area contributed by atoms with Crippen LogP contribution in [0.3, 0.4) is 0 Å². The van der Waals surface area contributed by atoms with E-state index < -0.39 is 5.82 Å². The van der Waals surface area contributed by atoms with Crippen molar-refractivity contribution < 1.29 is 4.39 Å². The summed E-state index contributed by atoms with van der Waals surface area (Å²) in [4.78, 5) is 5.63. The molecule has 0 amide bonds. The van der Waals surface area contributed by atoms with Crippen LogP contribution in [0, 0.1) is 17.1 Å². The van der Waals surface area contributed by atoms with Gasteiger partial charge in [-0.1, -0.05) is 0 Å². The van der Waals surface area contributed by atoms with Gasteiger partial charge in [0.2, 0.25) is 5.13 Å². The molecule has 21 heavy (non-hydrogen) atoms. The first-order valence-corrected chi connectivity index (χ1v) is 6.81. The molecule has 1 aromatic heterocycles. The van der Waals surface area contributed by atoms with Crippen LogP contribution in [0.15, 0.2) is 22.6 Å². The number of thiazole rings is 1. The van der Waals surface area contributed by atoms with Crippen LogP contribution in [-0.4, -0.2) is 25.3 Å². The number of nitriles is 1. The van der Waals surface area contributed by atoms with Crippen molar-refractivity contribution >= 4 is 34.2 Å². The Bertz CT molecular complexity index is 716. The molecule has 0 unspecified atom stereocenters. The highest BCUT2D eigenvalue weighted by Gasteiger charge is 2.13. The van der Waals surface area contributed by atoms with Gasteiger partial charge >= 0.3 is 0 Å². The van der Waals surface area contributed by atoms with Crippen LogP contribution >= 0.6 is 11.3 Å². The molecule has 0 spiro atoms. The second kappa shape index (κ2) is 6.19. The summed E-state index contributed by atoms with van der Waals surface area (Å²) >= 11 is 1.29. The number of nitrogen functional groups attached to an aromatic ring is 1. The van der Waals surface area contributed by atoms with Gasteiger partial charge in [0.25, 0.3) is 0 Å². The van der Waals surface area contributed by atoms with E-state index in [1.54, 1.807) is 36.5 Å². The number of hydrogen-bond donors (Lipinski definition) is 2. The molecule has 3 N–H and O–H groups in total. The van der Waals surface area contributed by atoms with Gasteiger partial charge < -0.3 is 10.6 Å². The number of hydrogen-bond acceptors (Lipinski definition) is 7. The van der Waals surface area contributed by atoms with Crippen molar-refractivity contribution in [3.8, 4) is 6.07 Å². The molecule has 2 aromatic rings. The summed E-state index contributed by atoms with van der Waals surface area (Å²) in [6.07, 6.45) is 1.30. The van der Waals surface area contributed by atoms with Gasteiger partial charge in [0.15, 0.2) is 5.82 Å². The van der Waals surface area contributed by atoms with Crippen molar-refractivity contribution in [2.75, 3.05) is 30.2 Å². The summed E-state index contributed by atoms with van der Waals surface area (Å²) in [7, 11) is 3.50. The first-order valence-electron chi connectivity index (χ1n) is 5.93. The van der Waals surface area contributed by atoms with Gasteiger partial charge in [-0.25, -0.2) is 9.37 Å². The third-order valence-electron chi connectivity index (χ3n) is 2.63. The third kappa shape index (κ3) is 3.27. The van der Waals surface area contributed by atoms with Crippen molar-refractivity contribution in [3.05, 3.63) is 34.5 Å². The van der Waals surface area contributed by atoms with Crippen LogP contribution in [0.5, 0.6) is 0 Å². The maximum absolute atomic E-state index is 14.2. The standard InChI is InChI=1S/C13H13FN6S/c1-20(2)10-4-3-8(12(14)9(10)5-15)6-17-19-13-18-11(16)7-21-13/h3-4,6-7H,16H2,1-2H3,(H,18,19). The maximum atomic E-state index is 14.2. The molecule has 0 atom stereocenters. The Labute approximate surface area is 125 Å². The Hall–Kier alpha value is -2.66. The van der Waals surface area contributed by atoms with Gasteiger partial charge in [0, 0.05) is 25.0 Å². The van der Waals surface area contributed by atoms with Crippen LogP contribution in [0.1, 0.15) is 11.1 Å². The minimum atomic E-state index is -0.604. The first kappa shape index (κ1) is 14.7. The number of anilines is 3. The predicted octanol–water partition coefficient (Wildman–Crippen LogP) is 2.25. The highest BCUT2D eigenvalue weighted by Crippen LogP contribution is 2.23. The number of nitrogens with one attached hydrogen (secondary N) is 1. The van der Waals surface area contributed by atoms with E-state index in [0.29, 0.717) is 16.6 Å². The molecular formula is C13H13FN6S. The number of nitrogens with zero attached hydrogens (tertiary/aromatic N) is 4. The van der Waals surface area contributed by atoms with Gasteiger partial charge in [-0.15, -0.1) is 11.3 Å². The lowest BCUT2D eigenvalue weighted by molar-refractivity contribution is 0.622. The zero-order chi connectivity index (χ0) is 15.4. The molecule has 0 aliphatic carbocycles. The first-order chi connectivity index (χ1) is 10.0. The molecular weight excluding hydrogens is 291 g/mol. The average Bonchev–Trinajstić information content (AvgIpc) is 2.85. The second-order valence-electron chi connectivity index (χ2n) is 4.32. The van der Waals surface area contributed by atoms with Gasteiger partial charge in [-0.05, 0) is 12.1 Å². The van der Waals surface area contributed by atoms with Gasteiger partial charge in [-0.2, -0.15) is 10.4 Å². The van der Waals surface area contributed by atoms with Gasteiger partial charge in [0.1, 0.15) is 17.5 Å². The van der Waals surface area contributed by atoms with E-state index >= 15 is 0 Å². The Balaban J connectivity index is 2.23. The lowest BCUT2D eigenvalue weighted by Crippen LogP contribution is -2.12. The SMILES string of the molecule is CN(C)c1ccc(C=NNc2nc(N)cs2)c(F)c1C#N. The fraction of sp³-hybridized carbons (Fsp3) is 0.154. The van der Waals surface area contributed by atoms with E-state index in [4.69, 9.17) is 11.0 Å². The molecule has 0 aliphatic heterocycles. The molecule has 6 nitrogen and oxygen atoms in total. The summed E-state index contributed by atoms with van der Waals surface area (Å²) in [6.45, 7) is 0. The topological polar surface area (TPSA) is 90.3 Å². The molecule has 0 saturated carbocycles. The summed E-state index contributed by atoms with van der Waals surface area (Å²) in [5, 5.41) is 15.1. The van der Waals surface area contributed by atoms with E-state index in [1.165, 1.54) is 17.6 Å². The number of halogens is 1. The van der Waals surface area contributed by atoms with Crippen molar-refractivity contribution in [1.29, 1.82) is 5.26 Å². The zero-order valence-corrected chi connectivity index (χ0v) is 12.3. The molecule has 1 aromatic carbocycles. The number of aromatic nitrogens is 1. The molecule has 2 rings (SSSR count). The van der Waals surface area contributed by atoms with Crippen LogP contribution in [0.2, 0.25) is 0 Å². The lowest BCUT2D eigenvalue weighted by Gasteiger charge is -2.15. The predicted molar refractivity (Wildman–Crippen MR) is 83.2 cm³/mol. The second-order valence-corrected chi connectivity index (χ2v) is 5.17. The molecule has 0 saturated heterocycles. The summed E-state index contributed by atoms with van der Waals surface area (Å²) < 4.78 is 14.2. The third-order valence-corrected chi connectivity index (χ3v) is 3.39. The quantitative estimate of drug-likeness (QED) is 0.668. The average molecular weight is 304 g/mol. The molecule has 0 fully saturated rings.